The van der Waals surface area contributed by atoms with E-state index in [4.69, 9.17) is 0 Å². The van der Waals surface area contributed by atoms with E-state index in [1.165, 1.54) is 6.07 Å². The smallest absolute Gasteiger partial charge is 0.379 e. The van der Waals surface area contributed by atoms with Crippen LogP contribution in [0.4, 0.5) is 18.9 Å². The normalized spacial score (nSPS) is 11.7. The summed E-state index contributed by atoms with van der Waals surface area (Å²) in [5, 5.41) is 3.04. The van der Waals surface area contributed by atoms with Crippen molar-refractivity contribution in [2.45, 2.75) is 33.1 Å². The highest BCUT2D eigenvalue weighted by molar-refractivity contribution is 5.53. The largest absolute Gasteiger partial charge is 0.416 e. The number of rotatable bonds is 4. The summed E-state index contributed by atoms with van der Waals surface area (Å²) in [7, 11) is 0. The van der Waals surface area contributed by atoms with E-state index in [1.54, 1.807) is 19.4 Å². The van der Waals surface area contributed by atoms with Gasteiger partial charge in [0.25, 0.3) is 0 Å². The summed E-state index contributed by atoms with van der Waals surface area (Å²) in [5.74, 6) is 0. The van der Waals surface area contributed by atoms with Crippen LogP contribution in [0, 0.1) is 6.92 Å². The first kappa shape index (κ1) is 14.4. The van der Waals surface area contributed by atoms with Crippen LogP contribution in [0.3, 0.4) is 0 Å². The van der Waals surface area contributed by atoms with E-state index in [0.717, 1.165) is 29.9 Å². The van der Waals surface area contributed by atoms with Gasteiger partial charge in [0.15, 0.2) is 0 Å². The maximum Gasteiger partial charge on any atom is 0.416 e. The number of anilines is 1. The summed E-state index contributed by atoms with van der Waals surface area (Å²) in [4.78, 5) is 4.03. The molecule has 20 heavy (non-hydrogen) atoms. The molecule has 0 bridgehead atoms. The van der Waals surface area contributed by atoms with Crippen molar-refractivity contribution < 1.29 is 13.2 Å². The molecule has 0 saturated carbocycles. The molecule has 1 N–H and O–H groups in total. The fourth-order valence-corrected chi connectivity index (χ4v) is 1.95. The van der Waals surface area contributed by atoms with Crippen molar-refractivity contribution in [2.24, 2.45) is 0 Å². The van der Waals surface area contributed by atoms with Gasteiger partial charge < -0.3 is 9.88 Å². The molecule has 0 aliphatic carbocycles. The van der Waals surface area contributed by atoms with Crippen LogP contribution in [0.1, 0.15) is 23.7 Å². The molecule has 0 unspecified atom stereocenters. The van der Waals surface area contributed by atoms with Crippen LogP contribution < -0.4 is 5.32 Å². The molecule has 1 aromatic heterocycles. The number of benzene rings is 1. The Morgan fingerprint density at radius 1 is 1.30 bits per heavy atom. The average Bonchev–Trinajstić information content (AvgIpc) is 2.83. The zero-order valence-electron chi connectivity index (χ0n) is 11.3. The van der Waals surface area contributed by atoms with Crippen LogP contribution in [-0.2, 0) is 19.3 Å². The van der Waals surface area contributed by atoms with Gasteiger partial charge in [-0.25, -0.2) is 4.98 Å². The molecular formula is C14H16F3N3. The van der Waals surface area contributed by atoms with E-state index >= 15 is 0 Å². The number of imidazole rings is 1. The fourth-order valence-electron chi connectivity index (χ4n) is 1.95. The minimum atomic E-state index is -4.32. The SMILES string of the molecule is CCn1cncc1CNc1cc(C(F)(F)F)ccc1C. The van der Waals surface area contributed by atoms with Gasteiger partial charge in [-0.05, 0) is 31.5 Å². The molecule has 2 rings (SSSR count). The highest BCUT2D eigenvalue weighted by atomic mass is 19.4. The average molecular weight is 283 g/mol. The van der Waals surface area contributed by atoms with Gasteiger partial charge in [0, 0.05) is 18.4 Å². The van der Waals surface area contributed by atoms with Gasteiger partial charge >= 0.3 is 6.18 Å². The molecule has 0 saturated heterocycles. The number of nitrogens with one attached hydrogen (secondary N) is 1. The zero-order chi connectivity index (χ0) is 14.8. The van der Waals surface area contributed by atoms with Gasteiger partial charge in [-0.3, -0.25) is 0 Å². The molecule has 1 heterocycles. The van der Waals surface area contributed by atoms with Gasteiger partial charge in [-0.15, -0.1) is 0 Å². The second-order valence-electron chi connectivity index (χ2n) is 4.55. The van der Waals surface area contributed by atoms with Gasteiger partial charge in [-0.2, -0.15) is 13.2 Å². The van der Waals surface area contributed by atoms with Crippen molar-refractivity contribution in [3.05, 3.63) is 47.5 Å². The van der Waals surface area contributed by atoms with Crippen LogP contribution >= 0.6 is 0 Å². The molecule has 0 radical (unpaired) electrons. The van der Waals surface area contributed by atoms with Gasteiger partial charge in [-0.1, -0.05) is 6.07 Å². The van der Waals surface area contributed by atoms with Gasteiger partial charge in [0.05, 0.1) is 24.1 Å². The second kappa shape index (κ2) is 5.56. The predicted molar refractivity (Wildman–Crippen MR) is 71.4 cm³/mol. The van der Waals surface area contributed by atoms with E-state index in [1.807, 2.05) is 11.5 Å². The van der Waals surface area contributed by atoms with Crippen molar-refractivity contribution in [3.63, 3.8) is 0 Å². The number of hydrogen-bond acceptors (Lipinski definition) is 2. The number of aryl methyl sites for hydroxylation is 2. The molecule has 6 heteroatoms. The van der Waals surface area contributed by atoms with Crippen molar-refractivity contribution in [1.82, 2.24) is 9.55 Å². The monoisotopic (exact) mass is 283 g/mol. The summed E-state index contributed by atoms with van der Waals surface area (Å²) in [6.45, 7) is 4.98. The number of aromatic nitrogens is 2. The molecular weight excluding hydrogens is 267 g/mol. The third-order valence-corrected chi connectivity index (χ3v) is 3.16. The lowest BCUT2D eigenvalue weighted by atomic mass is 10.1. The highest BCUT2D eigenvalue weighted by Gasteiger charge is 2.30. The fraction of sp³-hybridized carbons (Fsp3) is 0.357. The lowest BCUT2D eigenvalue weighted by Crippen LogP contribution is -2.09. The minimum absolute atomic E-state index is 0.440. The van der Waals surface area contributed by atoms with Crippen LogP contribution in [0.25, 0.3) is 0 Å². The Balaban J connectivity index is 2.17. The molecule has 0 atom stereocenters. The van der Waals surface area contributed by atoms with Crippen molar-refractivity contribution in [3.8, 4) is 0 Å². The molecule has 2 aromatic rings. The maximum atomic E-state index is 12.7. The molecule has 0 fully saturated rings. The van der Waals surface area contributed by atoms with Crippen LogP contribution in [0.15, 0.2) is 30.7 Å². The van der Waals surface area contributed by atoms with Gasteiger partial charge in [0.1, 0.15) is 0 Å². The summed E-state index contributed by atoms with van der Waals surface area (Å²) in [6.07, 6.45) is -0.912. The molecule has 0 amide bonds. The van der Waals surface area contributed by atoms with Crippen molar-refractivity contribution in [1.29, 1.82) is 0 Å². The van der Waals surface area contributed by atoms with E-state index in [2.05, 4.69) is 10.3 Å². The predicted octanol–water partition coefficient (Wildman–Crippen LogP) is 3.84. The highest BCUT2D eigenvalue weighted by Crippen LogP contribution is 2.32. The molecule has 1 aromatic carbocycles. The Labute approximate surface area is 115 Å². The summed E-state index contributed by atoms with van der Waals surface area (Å²) >= 11 is 0. The first-order chi connectivity index (χ1) is 9.41. The van der Waals surface area contributed by atoms with E-state index in [-0.39, 0.29) is 0 Å². The molecule has 3 nitrogen and oxygen atoms in total. The number of alkyl halides is 3. The first-order valence-electron chi connectivity index (χ1n) is 6.32. The molecule has 108 valence electrons. The Hall–Kier alpha value is -1.98. The number of hydrogen-bond donors (Lipinski definition) is 1. The standard InChI is InChI=1S/C14H16F3N3/c1-3-20-9-18-7-12(20)8-19-13-6-11(14(15,16)17)5-4-10(13)2/h4-7,9,19H,3,8H2,1-2H3. The minimum Gasteiger partial charge on any atom is -0.379 e. The quantitative estimate of drug-likeness (QED) is 0.923. The van der Waals surface area contributed by atoms with Crippen LogP contribution in [0.2, 0.25) is 0 Å². The van der Waals surface area contributed by atoms with Crippen LogP contribution in [0.5, 0.6) is 0 Å². The number of halogens is 3. The van der Waals surface area contributed by atoms with E-state index in [9.17, 15) is 13.2 Å². The first-order valence-corrected chi connectivity index (χ1v) is 6.32. The Kier molecular flexibility index (Phi) is 4.01. The third-order valence-electron chi connectivity index (χ3n) is 3.16. The zero-order valence-corrected chi connectivity index (χ0v) is 11.3. The van der Waals surface area contributed by atoms with Gasteiger partial charge in [0.2, 0.25) is 0 Å². The van der Waals surface area contributed by atoms with Crippen LogP contribution in [-0.4, -0.2) is 9.55 Å². The molecule has 0 aliphatic rings. The molecule has 0 aliphatic heterocycles. The van der Waals surface area contributed by atoms with E-state index in [0.29, 0.717) is 12.2 Å². The van der Waals surface area contributed by atoms with Crippen molar-refractivity contribution >= 4 is 5.69 Å². The Morgan fingerprint density at radius 2 is 2.05 bits per heavy atom. The summed E-state index contributed by atoms with van der Waals surface area (Å²) in [6, 6.07) is 3.71. The lowest BCUT2D eigenvalue weighted by Gasteiger charge is -2.14. The summed E-state index contributed by atoms with van der Waals surface area (Å²) in [5.41, 5.74) is 1.56. The second-order valence-corrected chi connectivity index (χ2v) is 4.55. The Morgan fingerprint density at radius 3 is 2.70 bits per heavy atom. The third kappa shape index (κ3) is 3.12. The van der Waals surface area contributed by atoms with Crippen molar-refractivity contribution in [2.75, 3.05) is 5.32 Å². The summed E-state index contributed by atoms with van der Waals surface area (Å²) < 4.78 is 40.0. The van der Waals surface area contributed by atoms with E-state index < -0.39 is 11.7 Å². The topological polar surface area (TPSA) is 29.9 Å². The maximum absolute atomic E-state index is 12.7. The molecule has 0 spiro atoms. The Bertz CT molecular complexity index is 588. The lowest BCUT2D eigenvalue weighted by molar-refractivity contribution is -0.137. The number of nitrogens with zero attached hydrogens (tertiary/aromatic N) is 2.